The highest BCUT2D eigenvalue weighted by Gasteiger charge is 2.12. The Morgan fingerprint density at radius 2 is 2.18 bits per heavy atom. The summed E-state index contributed by atoms with van der Waals surface area (Å²) in [5, 5.41) is 11.5. The van der Waals surface area contributed by atoms with Crippen LogP contribution in [0.15, 0.2) is 18.5 Å². The Bertz CT molecular complexity index is 416. The number of carboxylic acids is 1. The second kappa shape index (κ2) is 5.98. The molecule has 1 amide bonds. The van der Waals surface area contributed by atoms with E-state index in [1.807, 2.05) is 13.8 Å². The lowest BCUT2D eigenvalue weighted by atomic mass is 10.1. The molecule has 17 heavy (non-hydrogen) atoms. The summed E-state index contributed by atoms with van der Waals surface area (Å²) in [4.78, 5) is 26.2. The first-order valence-corrected chi connectivity index (χ1v) is 5.48. The van der Waals surface area contributed by atoms with Crippen LogP contribution in [0.1, 0.15) is 37.0 Å². The van der Waals surface area contributed by atoms with E-state index in [1.54, 1.807) is 0 Å². The highest BCUT2D eigenvalue weighted by molar-refractivity contribution is 6.00. The molecule has 1 aromatic heterocycles. The first-order chi connectivity index (χ1) is 8.00. The molecule has 0 aliphatic rings. The van der Waals surface area contributed by atoms with Crippen LogP contribution in [0.5, 0.6) is 0 Å². The zero-order valence-electron chi connectivity index (χ0n) is 9.93. The monoisotopic (exact) mass is 236 g/mol. The maximum Gasteiger partial charge on any atom is 0.337 e. The molecule has 5 heteroatoms. The van der Waals surface area contributed by atoms with Gasteiger partial charge in [0.1, 0.15) is 0 Å². The molecule has 0 atom stereocenters. The molecular weight excluding hydrogens is 220 g/mol. The molecule has 0 aromatic carbocycles. The van der Waals surface area contributed by atoms with E-state index >= 15 is 0 Å². The van der Waals surface area contributed by atoms with Crippen LogP contribution in [0.2, 0.25) is 0 Å². The second-order valence-electron chi connectivity index (χ2n) is 4.21. The lowest BCUT2D eigenvalue weighted by molar-refractivity contribution is -0.116. The van der Waals surface area contributed by atoms with Gasteiger partial charge in [0.15, 0.2) is 0 Å². The third-order valence-electron chi connectivity index (χ3n) is 2.27. The molecule has 0 bridgehead atoms. The number of nitrogens with zero attached hydrogens (tertiary/aromatic N) is 1. The Morgan fingerprint density at radius 1 is 1.47 bits per heavy atom. The fraction of sp³-hybridized carbons (Fsp3) is 0.417. The maximum atomic E-state index is 11.6. The SMILES string of the molecule is CC(C)CCC(=O)Nc1cnccc1C(=O)O. The normalized spacial score (nSPS) is 10.3. The van der Waals surface area contributed by atoms with Crippen LogP contribution in [0.4, 0.5) is 5.69 Å². The first kappa shape index (κ1) is 13.2. The summed E-state index contributed by atoms with van der Waals surface area (Å²) in [6.45, 7) is 4.06. The summed E-state index contributed by atoms with van der Waals surface area (Å²) in [6, 6.07) is 1.36. The van der Waals surface area contributed by atoms with Gasteiger partial charge >= 0.3 is 5.97 Å². The van der Waals surface area contributed by atoms with Gasteiger partial charge in [0.2, 0.25) is 5.91 Å². The zero-order chi connectivity index (χ0) is 12.8. The number of rotatable bonds is 5. The van der Waals surface area contributed by atoms with E-state index in [9.17, 15) is 9.59 Å². The minimum Gasteiger partial charge on any atom is -0.478 e. The molecule has 0 radical (unpaired) electrons. The number of aromatic carboxylic acids is 1. The number of carboxylic acid groups (broad SMARTS) is 1. The average molecular weight is 236 g/mol. The number of carbonyl (C=O) groups is 2. The lowest BCUT2D eigenvalue weighted by Crippen LogP contribution is -2.15. The molecule has 0 saturated heterocycles. The van der Waals surface area contributed by atoms with Crippen molar-refractivity contribution in [1.82, 2.24) is 4.98 Å². The Labute approximate surface area is 99.9 Å². The lowest BCUT2D eigenvalue weighted by Gasteiger charge is -2.08. The molecule has 0 spiro atoms. The highest BCUT2D eigenvalue weighted by atomic mass is 16.4. The Balaban J connectivity index is 2.68. The summed E-state index contributed by atoms with van der Waals surface area (Å²) in [5.74, 6) is -0.825. The van der Waals surface area contributed by atoms with E-state index in [0.29, 0.717) is 12.3 Å². The van der Waals surface area contributed by atoms with E-state index in [4.69, 9.17) is 5.11 Å². The minimum absolute atomic E-state index is 0.0536. The van der Waals surface area contributed by atoms with Crippen LogP contribution in [-0.4, -0.2) is 22.0 Å². The van der Waals surface area contributed by atoms with Crippen LogP contribution in [-0.2, 0) is 4.79 Å². The standard InChI is InChI=1S/C12H16N2O3/c1-8(2)3-4-11(15)14-10-7-13-6-5-9(10)12(16)17/h5-8H,3-4H2,1-2H3,(H,14,15)(H,16,17). The molecule has 0 aliphatic heterocycles. The molecule has 1 heterocycles. The van der Waals surface area contributed by atoms with Crippen molar-refractivity contribution < 1.29 is 14.7 Å². The van der Waals surface area contributed by atoms with Crippen LogP contribution < -0.4 is 5.32 Å². The molecule has 0 unspecified atom stereocenters. The predicted octanol–water partition coefficient (Wildman–Crippen LogP) is 2.15. The number of hydrogen-bond acceptors (Lipinski definition) is 3. The van der Waals surface area contributed by atoms with E-state index in [-0.39, 0.29) is 17.2 Å². The van der Waals surface area contributed by atoms with Crippen molar-refractivity contribution in [3.8, 4) is 0 Å². The topological polar surface area (TPSA) is 79.3 Å². The number of pyridine rings is 1. The molecule has 0 fully saturated rings. The molecule has 92 valence electrons. The third kappa shape index (κ3) is 4.22. The summed E-state index contributed by atoms with van der Waals surface area (Å²) in [7, 11) is 0. The van der Waals surface area contributed by atoms with Crippen LogP contribution >= 0.6 is 0 Å². The van der Waals surface area contributed by atoms with Gasteiger partial charge in [-0.2, -0.15) is 0 Å². The van der Waals surface area contributed by atoms with Crippen molar-refractivity contribution in [2.45, 2.75) is 26.7 Å². The number of aromatic nitrogens is 1. The molecule has 0 aliphatic carbocycles. The van der Waals surface area contributed by atoms with Gasteiger partial charge in [0.05, 0.1) is 17.4 Å². The third-order valence-corrected chi connectivity index (χ3v) is 2.27. The molecular formula is C12H16N2O3. The number of hydrogen-bond donors (Lipinski definition) is 2. The van der Waals surface area contributed by atoms with E-state index in [1.165, 1.54) is 18.5 Å². The van der Waals surface area contributed by atoms with Gasteiger partial charge in [-0.25, -0.2) is 4.79 Å². The number of nitrogens with one attached hydrogen (secondary N) is 1. The summed E-state index contributed by atoms with van der Waals surface area (Å²) >= 11 is 0. The van der Waals surface area contributed by atoms with Crippen molar-refractivity contribution in [3.05, 3.63) is 24.0 Å². The molecule has 1 aromatic rings. The molecule has 0 saturated carbocycles. The quantitative estimate of drug-likeness (QED) is 0.821. The Morgan fingerprint density at radius 3 is 2.76 bits per heavy atom. The zero-order valence-corrected chi connectivity index (χ0v) is 9.93. The van der Waals surface area contributed by atoms with Gasteiger partial charge in [0, 0.05) is 12.6 Å². The van der Waals surface area contributed by atoms with Gasteiger partial charge in [-0.05, 0) is 18.4 Å². The fourth-order valence-electron chi connectivity index (χ4n) is 1.31. The van der Waals surface area contributed by atoms with Gasteiger partial charge < -0.3 is 10.4 Å². The van der Waals surface area contributed by atoms with E-state index in [2.05, 4.69) is 10.3 Å². The predicted molar refractivity (Wildman–Crippen MR) is 63.9 cm³/mol. The van der Waals surface area contributed by atoms with E-state index in [0.717, 1.165) is 6.42 Å². The van der Waals surface area contributed by atoms with Gasteiger partial charge in [-0.15, -0.1) is 0 Å². The molecule has 1 rings (SSSR count). The number of carbonyl (C=O) groups excluding carboxylic acids is 1. The average Bonchev–Trinajstić information content (AvgIpc) is 2.27. The summed E-state index contributed by atoms with van der Waals surface area (Å²) < 4.78 is 0. The number of anilines is 1. The number of amides is 1. The first-order valence-electron chi connectivity index (χ1n) is 5.48. The van der Waals surface area contributed by atoms with Crippen molar-refractivity contribution in [1.29, 1.82) is 0 Å². The maximum absolute atomic E-state index is 11.6. The van der Waals surface area contributed by atoms with Crippen molar-refractivity contribution >= 4 is 17.6 Å². The van der Waals surface area contributed by atoms with Crippen molar-refractivity contribution in [3.63, 3.8) is 0 Å². The fourth-order valence-corrected chi connectivity index (χ4v) is 1.31. The highest BCUT2D eigenvalue weighted by Crippen LogP contribution is 2.14. The Hall–Kier alpha value is -1.91. The van der Waals surface area contributed by atoms with Crippen LogP contribution in [0.25, 0.3) is 0 Å². The van der Waals surface area contributed by atoms with Gasteiger partial charge in [0.25, 0.3) is 0 Å². The van der Waals surface area contributed by atoms with Gasteiger partial charge in [-0.3, -0.25) is 9.78 Å². The molecule has 2 N–H and O–H groups in total. The van der Waals surface area contributed by atoms with Crippen LogP contribution in [0, 0.1) is 5.92 Å². The van der Waals surface area contributed by atoms with E-state index < -0.39 is 5.97 Å². The molecule has 5 nitrogen and oxygen atoms in total. The summed E-state index contributed by atoms with van der Waals surface area (Å²) in [5.41, 5.74) is 0.298. The van der Waals surface area contributed by atoms with Gasteiger partial charge in [-0.1, -0.05) is 13.8 Å². The van der Waals surface area contributed by atoms with Crippen molar-refractivity contribution in [2.24, 2.45) is 5.92 Å². The smallest absolute Gasteiger partial charge is 0.337 e. The largest absolute Gasteiger partial charge is 0.478 e. The van der Waals surface area contributed by atoms with Crippen LogP contribution in [0.3, 0.4) is 0 Å². The second-order valence-corrected chi connectivity index (χ2v) is 4.21. The van der Waals surface area contributed by atoms with Crippen molar-refractivity contribution in [2.75, 3.05) is 5.32 Å². The summed E-state index contributed by atoms with van der Waals surface area (Å²) in [6.07, 6.45) is 3.88. The Kier molecular flexibility index (Phi) is 4.63. The minimum atomic E-state index is -1.08.